The van der Waals surface area contributed by atoms with Crippen LogP contribution in [0.1, 0.15) is 80.7 Å². The first-order valence-corrected chi connectivity index (χ1v) is 14.9. The molecule has 0 radical (unpaired) electrons. The van der Waals surface area contributed by atoms with Crippen molar-refractivity contribution in [2.45, 2.75) is 75.7 Å². The number of carboxylic acids is 1. The minimum atomic E-state index is -1.02. The quantitative estimate of drug-likeness (QED) is 0.294. The number of carbonyl (C=O) groups is 1. The fourth-order valence-electron chi connectivity index (χ4n) is 7.25. The second-order valence-electron chi connectivity index (χ2n) is 12.1. The highest BCUT2D eigenvalue weighted by atomic mass is 35.5. The van der Waals surface area contributed by atoms with Crippen LogP contribution in [0.25, 0.3) is 6.08 Å². The fourth-order valence-corrected chi connectivity index (χ4v) is 7.44. The number of hydrogen-bond donors (Lipinski definition) is 2. The number of aliphatic carboxylic acids is 1. The number of pyridine rings is 1. The number of anilines is 1. The van der Waals surface area contributed by atoms with Gasteiger partial charge < -0.3 is 15.2 Å². The molecule has 6 heteroatoms. The first kappa shape index (κ1) is 26.9. The van der Waals surface area contributed by atoms with Crippen molar-refractivity contribution < 1.29 is 14.6 Å². The van der Waals surface area contributed by atoms with Gasteiger partial charge in [0.05, 0.1) is 6.61 Å². The van der Waals surface area contributed by atoms with Gasteiger partial charge in [0.15, 0.2) is 0 Å². The van der Waals surface area contributed by atoms with Gasteiger partial charge in [0.1, 0.15) is 11.3 Å². The molecule has 1 aromatic heterocycles. The molecule has 3 aliphatic rings. The van der Waals surface area contributed by atoms with E-state index in [1.165, 1.54) is 28.0 Å². The summed E-state index contributed by atoms with van der Waals surface area (Å²) in [5.41, 5.74) is 6.04. The summed E-state index contributed by atoms with van der Waals surface area (Å²) in [7, 11) is 0. The number of nitrogens with zero attached hydrogens (tertiary/aromatic N) is 1. The Hall–Kier alpha value is -3.31. The number of aryl methyl sites for hydroxylation is 1. The van der Waals surface area contributed by atoms with Crippen molar-refractivity contribution in [3.63, 3.8) is 0 Å². The Bertz CT molecular complexity index is 1460. The molecule has 1 heterocycles. The fraction of sp³-hybridized carbons (Fsp3) is 0.412. The van der Waals surface area contributed by atoms with Crippen LogP contribution in [0.3, 0.4) is 0 Å². The third-order valence-corrected chi connectivity index (χ3v) is 9.66. The van der Waals surface area contributed by atoms with Crippen LogP contribution in [0, 0.1) is 5.92 Å². The summed E-state index contributed by atoms with van der Waals surface area (Å²) in [6.45, 7) is 5.16. The molecular weight excluding hydrogens is 520 g/mol. The van der Waals surface area contributed by atoms with E-state index in [0.29, 0.717) is 36.3 Å². The van der Waals surface area contributed by atoms with Crippen LogP contribution in [0.15, 0.2) is 66.4 Å². The predicted molar refractivity (Wildman–Crippen MR) is 160 cm³/mol. The zero-order chi connectivity index (χ0) is 27.9. The largest absolute Gasteiger partial charge is 0.493 e. The molecule has 1 fully saturated rings. The summed E-state index contributed by atoms with van der Waals surface area (Å²) in [6, 6.07) is 18.0. The first-order chi connectivity index (χ1) is 19.3. The summed E-state index contributed by atoms with van der Waals surface area (Å²) < 4.78 is 6.42. The number of nitrogens with one attached hydrogen (secondary N) is 1. The normalized spacial score (nSPS) is 25.7. The molecule has 2 aromatic carbocycles. The molecule has 1 saturated carbocycles. The lowest BCUT2D eigenvalue weighted by atomic mass is 9.61. The third-order valence-electron chi connectivity index (χ3n) is 9.43. The van der Waals surface area contributed by atoms with Crippen LogP contribution in [-0.4, -0.2) is 28.2 Å². The number of fused-ring (bicyclic) bond motifs is 3. The number of halogens is 1. The average Bonchev–Trinajstić information content (AvgIpc) is 3.47. The lowest BCUT2D eigenvalue weighted by molar-refractivity contribution is -0.143. The highest BCUT2D eigenvalue weighted by molar-refractivity contribution is 6.30. The van der Waals surface area contributed by atoms with Gasteiger partial charge in [-0.25, -0.2) is 4.79 Å². The Morgan fingerprint density at radius 3 is 2.73 bits per heavy atom. The summed E-state index contributed by atoms with van der Waals surface area (Å²) in [5.74, 6) is 0.978. The van der Waals surface area contributed by atoms with Crippen molar-refractivity contribution in [1.29, 1.82) is 0 Å². The van der Waals surface area contributed by atoms with E-state index < -0.39 is 11.5 Å². The number of ether oxygens (including phenoxy) is 1. The Kier molecular flexibility index (Phi) is 7.12. The van der Waals surface area contributed by atoms with Gasteiger partial charge in [-0.15, -0.1) is 0 Å². The zero-order valence-electron chi connectivity index (χ0n) is 23.3. The van der Waals surface area contributed by atoms with Gasteiger partial charge in [0.2, 0.25) is 0 Å². The standard InChI is InChI=1S/C34H37ClN2O3/c1-22(21-40-30-12-17-36-29-11-10-23(2)31(29)30)18-25-19-24-6-3-4-9-28(24)33(25)13-15-34(16-14-33,32(38)39)37-27-8-5-7-26(35)20-27/h3-9,12,17,19-20,22-23,37H,10-11,13-16,18,21H2,1-2H3,(H,38,39)/t22-,23?,33?,34?/m1/s1. The van der Waals surface area contributed by atoms with Crippen molar-refractivity contribution in [2.75, 3.05) is 11.9 Å². The Morgan fingerprint density at radius 2 is 1.95 bits per heavy atom. The predicted octanol–water partition coefficient (Wildman–Crippen LogP) is 8.03. The molecule has 3 aromatic rings. The van der Waals surface area contributed by atoms with E-state index in [4.69, 9.17) is 16.3 Å². The number of benzene rings is 2. The minimum absolute atomic E-state index is 0.147. The molecule has 2 N–H and O–H groups in total. The molecule has 208 valence electrons. The molecule has 1 spiro atoms. The van der Waals surface area contributed by atoms with Gasteiger partial charge in [-0.1, -0.05) is 67.4 Å². The van der Waals surface area contributed by atoms with Gasteiger partial charge in [-0.05, 0) is 92.2 Å². The van der Waals surface area contributed by atoms with Crippen LogP contribution in [0.2, 0.25) is 5.02 Å². The number of allylic oxidation sites excluding steroid dienone is 1. The second kappa shape index (κ2) is 10.6. The maximum absolute atomic E-state index is 12.7. The molecule has 0 amide bonds. The van der Waals surface area contributed by atoms with Crippen LogP contribution in [0.4, 0.5) is 5.69 Å². The Balaban J connectivity index is 1.20. The summed E-state index contributed by atoms with van der Waals surface area (Å²) >= 11 is 6.20. The molecule has 2 atom stereocenters. The van der Waals surface area contributed by atoms with Crippen molar-refractivity contribution in [1.82, 2.24) is 4.98 Å². The SMILES string of the molecule is CC1CCc2nccc(OC[C@H](C)CC3=Cc4ccccc4C34CCC(Nc3cccc(Cl)c3)(C(=O)O)CC4)c21. The van der Waals surface area contributed by atoms with Crippen LogP contribution < -0.4 is 10.1 Å². The molecule has 1 unspecified atom stereocenters. The Morgan fingerprint density at radius 1 is 1.15 bits per heavy atom. The molecule has 0 saturated heterocycles. The van der Waals surface area contributed by atoms with E-state index in [1.807, 2.05) is 24.4 Å². The highest BCUT2D eigenvalue weighted by Gasteiger charge is 2.51. The molecule has 3 aliphatic carbocycles. The topological polar surface area (TPSA) is 71.5 Å². The number of hydrogen-bond acceptors (Lipinski definition) is 4. The number of carboxylic acid groups (broad SMARTS) is 1. The van der Waals surface area contributed by atoms with Gasteiger partial charge in [-0.3, -0.25) is 4.98 Å². The maximum atomic E-state index is 12.7. The van der Waals surface area contributed by atoms with Crippen LogP contribution >= 0.6 is 11.6 Å². The summed E-state index contributed by atoms with van der Waals surface area (Å²) in [4.78, 5) is 17.2. The zero-order valence-corrected chi connectivity index (χ0v) is 24.0. The van der Waals surface area contributed by atoms with E-state index in [0.717, 1.165) is 43.5 Å². The van der Waals surface area contributed by atoms with Crippen molar-refractivity contribution in [3.05, 3.63) is 93.8 Å². The second-order valence-corrected chi connectivity index (χ2v) is 12.5. The molecule has 0 aliphatic heterocycles. The lowest BCUT2D eigenvalue weighted by Crippen LogP contribution is -2.52. The summed E-state index contributed by atoms with van der Waals surface area (Å²) in [6.07, 6.45) is 9.93. The average molecular weight is 557 g/mol. The molecule has 5 nitrogen and oxygen atoms in total. The van der Waals surface area contributed by atoms with Crippen molar-refractivity contribution >= 4 is 29.3 Å². The smallest absolute Gasteiger partial charge is 0.329 e. The Labute approximate surface area is 241 Å². The van der Waals surface area contributed by atoms with Crippen molar-refractivity contribution in [3.8, 4) is 5.75 Å². The summed E-state index contributed by atoms with van der Waals surface area (Å²) in [5, 5.41) is 14.3. The van der Waals surface area contributed by atoms with Gasteiger partial charge in [-0.2, -0.15) is 0 Å². The van der Waals surface area contributed by atoms with Crippen LogP contribution in [-0.2, 0) is 16.6 Å². The maximum Gasteiger partial charge on any atom is 0.329 e. The lowest BCUT2D eigenvalue weighted by Gasteiger charge is -2.46. The minimum Gasteiger partial charge on any atom is -0.493 e. The van der Waals surface area contributed by atoms with E-state index in [-0.39, 0.29) is 5.41 Å². The molecule has 40 heavy (non-hydrogen) atoms. The van der Waals surface area contributed by atoms with Gasteiger partial charge in [0, 0.05) is 33.6 Å². The molecule has 6 rings (SSSR count). The molecule has 0 bridgehead atoms. The van der Waals surface area contributed by atoms with Gasteiger partial charge in [0.25, 0.3) is 0 Å². The van der Waals surface area contributed by atoms with Crippen LogP contribution in [0.5, 0.6) is 5.75 Å². The number of rotatable bonds is 8. The van der Waals surface area contributed by atoms with Crippen molar-refractivity contribution in [2.24, 2.45) is 5.92 Å². The highest BCUT2D eigenvalue weighted by Crippen LogP contribution is 2.55. The molecular formula is C34H37ClN2O3. The first-order valence-electron chi connectivity index (χ1n) is 14.5. The van der Waals surface area contributed by atoms with Gasteiger partial charge >= 0.3 is 5.97 Å². The number of aromatic nitrogens is 1. The van der Waals surface area contributed by atoms with E-state index in [2.05, 4.69) is 54.5 Å². The third kappa shape index (κ3) is 4.79. The monoisotopic (exact) mass is 556 g/mol. The van der Waals surface area contributed by atoms with E-state index in [1.54, 1.807) is 12.1 Å². The van der Waals surface area contributed by atoms with E-state index in [9.17, 15) is 9.90 Å². The van der Waals surface area contributed by atoms with E-state index >= 15 is 0 Å².